The molecule has 1 aromatic rings. The summed E-state index contributed by atoms with van der Waals surface area (Å²) < 4.78 is 0. The van der Waals surface area contributed by atoms with Crippen LogP contribution < -0.4 is 0 Å². The molecule has 0 aromatic carbocycles. The summed E-state index contributed by atoms with van der Waals surface area (Å²) in [6.07, 6.45) is 4.37. The van der Waals surface area contributed by atoms with Gasteiger partial charge in [0.05, 0.1) is 6.20 Å². The van der Waals surface area contributed by atoms with Crippen molar-refractivity contribution in [1.29, 1.82) is 0 Å². The maximum Gasteiger partial charge on any atom is 0.195 e. The minimum absolute atomic E-state index is 0.0619. The average molecular weight is 158 g/mol. The molecular weight excluding hydrogens is 154 g/mol. The molecule has 0 fully saturated rings. The second-order valence-electron chi connectivity index (χ2n) is 1.48. The molecule has 1 N–H and O–H groups in total. The van der Waals surface area contributed by atoms with Gasteiger partial charge in [0.1, 0.15) is 5.69 Å². The van der Waals surface area contributed by atoms with Crippen molar-refractivity contribution in [1.82, 2.24) is 9.97 Å². The van der Waals surface area contributed by atoms with E-state index in [1.165, 1.54) is 18.6 Å². The van der Waals surface area contributed by atoms with Gasteiger partial charge in [0.15, 0.2) is 5.17 Å². The van der Waals surface area contributed by atoms with Gasteiger partial charge in [-0.25, -0.2) is 0 Å². The number of hydrogen-bond acceptors (Lipinski definition) is 4. The lowest BCUT2D eigenvalue weighted by Gasteiger charge is -1.90. The first-order valence-electron chi connectivity index (χ1n) is 2.48. The highest BCUT2D eigenvalue weighted by atomic mass is 35.5. The van der Waals surface area contributed by atoms with Crippen LogP contribution >= 0.6 is 11.6 Å². The number of hydrogen-bond donors (Lipinski definition) is 1. The molecule has 0 radical (unpaired) electrons. The molecule has 5 heteroatoms. The SMILES string of the molecule is O/N=C(\Cl)c1cnccn1. The molecule has 0 aliphatic heterocycles. The van der Waals surface area contributed by atoms with Crippen molar-refractivity contribution in [2.45, 2.75) is 0 Å². The summed E-state index contributed by atoms with van der Waals surface area (Å²) in [5.41, 5.74) is 0.353. The number of aromatic nitrogens is 2. The monoisotopic (exact) mass is 157 g/mol. The van der Waals surface area contributed by atoms with E-state index in [9.17, 15) is 0 Å². The molecule has 0 saturated carbocycles. The highest BCUT2D eigenvalue weighted by Gasteiger charge is 1.98. The van der Waals surface area contributed by atoms with Crippen molar-refractivity contribution >= 4 is 16.8 Å². The Bertz CT molecular complexity index is 236. The Morgan fingerprint density at radius 2 is 2.40 bits per heavy atom. The van der Waals surface area contributed by atoms with Crippen LogP contribution in [-0.4, -0.2) is 20.3 Å². The molecule has 0 unspecified atom stereocenters. The van der Waals surface area contributed by atoms with Gasteiger partial charge < -0.3 is 5.21 Å². The van der Waals surface area contributed by atoms with Crippen LogP contribution in [0.3, 0.4) is 0 Å². The van der Waals surface area contributed by atoms with Crippen molar-refractivity contribution in [2.75, 3.05) is 0 Å². The summed E-state index contributed by atoms with van der Waals surface area (Å²) in [4.78, 5) is 7.48. The molecule has 0 aliphatic carbocycles. The molecule has 0 atom stereocenters. The van der Waals surface area contributed by atoms with Gasteiger partial charge in [-0.05, 0) is 0 Å². The van der Waals surface area contributed by atoms with Gasteiger partial charge in [-0.2, -0.15) is 0 Å². The summed E-state index contributed by atoms with van der Waals surface area (Å²) in [5, 5.41) is 10.9. The predicted octanol–water partition coefficient (Wildman–Crippen LogP) is 0.851. The number of oxime groups is 1. The van der Waals surface area contributed by atoms with Crippen LogP contribution in [0.25, 0.3) is 0 Å². The number of halogens is 1. The standard InChI is InChI=1S/C5H4ClN3O/c6-5(9-10)4-3-7-1-2-8-4/h1-3,10H/b9-5-. The molecule has 0 aliphatic rings. The van der Waals surface area contributed by atoms with Gasteiger partial charge >= 0.3 is 0 Å². The maximum atomic E-state index is 8.18. The molecule has 1 heterocycles. The normalized spacial score (nSPS) is 11.5. The minimum Gasteiger partial charge on any atom is -0.410 e. The Balaban J connectivity index is 2.96. The van der Waals surface area contributed by atoms with Gasteiger partial charge in [0.25, 0.3) is 0 Å². The van der Waals surface area contributed by atoms with Crippen LogP contribution in [0.4, 0.5) is 0 Å². The summed E-state index contributed by atoms with van der Waals surface area (Å²) in [6.45, 7) is 0. The van der Waals surface area contributed by atoms with Gasteiger partial charge in [-0.3, -0.25) is 9.97 Å². The van der Waals surface area contributed by atoms with Crippen molar-refractivity contribution in [2.24, 2.45) is 5.16 Å². The van der Waals surface area contributed by atoms with E-state index in [1.807, 2.05) is 0 Å². The Hall–Kier alpha value is -1.16. The first-order valence-corrected chi connectivity index (χ1v) is 2.86. The third-order valence-electron chi connectivity index (χ3n) is 0.862. The van der Waals surface area contributed by atoms with Gasteiger partial charge in [-0.15, -0.1) is 0 Å². The molecule has 0 spiro atoms. The topological polar surface area (TPSA) is 58.4 Å². The zero-order valence-corrected chi connectivity index (χ0v) is 5.65. The van der Waals surface area contributed by atoms with Crippen molar-refractivity contribution in [3.05, 3.63) is 24.3 Å². The van der Waals surface area contributed by atoms with Crippen LogP contribution in [0, 0.1) is 0 Å². The summed E-state index contributed by atoms with van der Waals surface area (Å²) >= 11 is 5.39. The fraction of sp³-hybridized carbons (Fsp3) is 0. The van der Waals surface area contributed by atoms with E-state index in [4.69, 9.17) is 16.8 Å². The molecule has 4 nitrogen and oxygen atoms in total. The zero-order chi connectivity index (χ0) is 7.40. The summed E-state index contributed by atoms with van der Waals surface area (Å²) in [6, 6.07) is 0. The van der Waals surface area contributed by atoms with Crippen LogP contribution in [0.15, 0.2) is 23.7 Å². The van der Waals surface area contributed by atoms with E-state index in [1.54, 1.807) is 0 Å². The highest BCUT2D eigenvalue weighted by molar-refractivity contribution is 6.69. The molecule has 0 amide bonds. The van der Waals surface area contributed by atoms with Crippen molar-refractivity contribution in [3.8, 4) is 0 Å². The van der Waals surface area contributed by atoms with Crippen molar-refractivity contribution < 1.29 is 5.21 Å². The van der Waals surface area contributed by atoms with E-state index in [2.05, 4.69) is 15.1 Å². The molecular formula is C5H4ClN3O. The first-order chi connectivity index (χ1) is 4.84. The molecule has 52 valence electrons. The summed E-state index contributed by atoms with van der Waals surface area (Å²) in [5.74, 6) is 0. The Labute approximate surface area is 62.2 Å². The lowest BCUT2D eigenvalue weighted by molar-refractivity contribution is 0.320. The van der Waals surface area contributed by atoms with E-state index in [0.717, 1.165) is 0 Å². The van der Waals surface area contributed by atoms with Gasteiger partial charge in [-0.1, -0.05) is 16.8 Å². The molecule has 0 bridgehead atoms. The number of rotatable bonds is 1. The Kier molecular flexibility index (Phi) is 2.17. The quantitative estimate of drug-likeness (QED) is 0.374. The molecule has 1 aromatic heterocycles. The first kappa shape index (κ1) is 6.95. The lowest BCUT2D eigenvalue weighted by Crippen LogP contribution is -1.94. The second-order valence-corrected chi connectivity index (χ2v) is 1.84. The fourth-order valence-electron chi connectivity index (χ4n) is 0.457. The largest absolute Gasteiger partial charge is 0.410 e. The average Bonchev–Trinajstić information content (AvgIpc) is 2.05. The van der Waals surface area contributed by atoms with E-state index in [0.29, 0.717) is 5.69 Å². The van der Waals surface area contributed by atoms with E-state index in [-0.39, 0.29) is 5.17 Å². The van der Waals surface area contributed by atoms with Crippen molar-refractivity contribution in [3.63, 3.8) is 0 Å². The Morgan fingerprint density at radius 1 is 1.60 bits per heavy atom. The maximum absolute atomic E-state index is 8.18. The smallest absolute Gasteiger partial charge is 0.195 e. The minimum atomic E-state index is -0.0619. The number of nitrogens with zero attached hydrogens (tertiary/aromatic N) is 3. The molecule has 1 rings (SSSR count). The second kappa shape index (κ2) is 3.12. The van der Waals surface area contributed by atoms with Crippen LogP contribution in [0.1, 0.15) is 5.69 Å². The summed E-state index contributed by atoms with van der Waals surface area (Å²) in [7, 11) is 0. The molecule has 0 saturated heterocycles. The van der Waals surface area contributed by atoms with Crippen LogP contribution in [-0.2, 0) is 0 Å². The Morgan fingerprint density at radius 3 is 2.90 bits per heavy atom. The zero-order valence-electron chi connectivity index (χ0n) is 4.90. The fourth-order valence-corrected chi connectivity index (χ4v) is 0.554. The van der Waals surface area contributed by atoms with Gasteiger partial charge in [0, 0.05) is 12.4 Å². The third-order valence-corrected chi connectivity index (χ3v) is 1.13. The predicted molar refractivity (Wildman–Crippen MR) is 36.2 cm³/mol. The highest BCUT2D eigenvalue weighted by Crippen LogP contribution is 1.96. The molecule has 10 heavy (non-hydrogen) atoms. The van der Waals surface area contributed by atoms with Gasteiger partial charge in [0.2, 0.25) is 0 Å². The lowest BCUT2D eigenvalue weighted by atomic mass is 10.5. The van der Waals surface area contributed by atoms with E-state index < -0.39 is 0 Å². The van der Waals surface area contributed by atoms with E-state index >= 15 is 0 Å². The third kappa shape index (κ3) is 1.41. The van der Waals surface area contributed by atoms with Crippen LogP contribution in [0.5, 0.6) is 0 Å². The van der Waals surface area contributed by atoms with Crippen LogP contribution in [0.2, 0.25) is 0 Å².